The molecule has 5 heteroatoms. The molecule has 1 heterocycles. The van der Waals surface area contributed by atoms with Crippen molar-refractivity contribution in [3.8, 4) is 11.5 Å². The third-order valence-corrected chi connectivity index (χ3v) is 4.49. The van der Waals surface area contributed by atoms with Crippen LogP contribution in [0.25, 0.3) is 5.70 Å². The van der Waals surface area contributed by atoms with Crippen LogP contribution in [-0.2, 0) is 0 Å². The Morgan fingerprint density at radius 2 is 2.29 bits per heavy atom. The van der Waals surface area contributed by atoms with E-state index in [9.17, 15) is 5.11 Å². The van der Waals surface area contributed by atoms with Gasteiger partial charge in [-0.05, 0) is 31.5 Å². The van der Waals surface area contributed by atoms with E-state index in [4.69, 9.17) is 16.3 Å². The minimum atomic E-state index is 0.133. The molecule has 116 valence electrons. The number of methoxy groups -OCH3 is 1. The van der Waals surface area contributed by atoms with Crippen LogP contribution in [-0.4, -0.2) is 48.3 Å². The van der Waals surface area contributed by atoms with Crippen LogP contribution < -0.4 is 4.74 Å². The molecule has 1 atom stereocenters. The lowest BCUT2D eigenvalue weighted by Crippen LogP contribution is -2.41. The number of hydrogen-bond acceptors (Lipinski definition) is 4. The third kappa shape index (κ3) is 2.97. The third-order valence-electron chi connectivity index (χ3n) is 4.19. The van der Waals surface area contributed by atoms with Crippen molar-refractivity contribution >= 4 is 17.3 Å². The van der Waals surface area contributed by atoms with Gasteiger partial charge in [-0.2, -0.15) is 0 Å². The molecular formula is C16H23ClN2O2. The Labute approximate surface area is 131 Å². The highest BCUT2D eigenvalue weighted by Gasteiger charge is 2.29. The Hall–Kier alpha value is -1.39. The number of ether oxygens (including phenoxy) is 1. The fourth-order valence-corrected chi connectivity index (χ4v) is 3.23. The number of likely N-dealkylation sites (tertiary alicyclic amines) is 1. The van der Waals surface area contributed by atoms with E-state index in [1.54, 1.807) is 19.2 Å². The molecule has 21 heavy (non-hydrogen) atoms. The summed E-state index contributed by atoms with van der Waals surface area (Å²) in [6.07, 6.45) is 2.56. The zero-order valence-electron chi connectivity index (χ0n) is 12.9. The summed E-state index contributed by atoms with van der Waals surface area (Å²) in [6.45, 7) is 8.40. The maximum atomic E-state index is 10.2. The van der Waals surface area contributed by atoms with Gasteiger partial charge >= 0.3 is 0 Å². The summed E-state index contributed by atoms with van der Waals surface area (Å²) in [5.41, 5.74) is 1.28. The molecule has 1 aromatic rings. The van der Waals surface area contributed by atoms with E-state index in [1.807, 2.05) is 7.05 Å². The van der Waals surface area contributed by atoms with E-state index in [2.05, 4.69) is 23.3 Å². The second kappa shape index (κ2) is 6.58. The zero-order valence-corrected chi connectivity index (χ0v) is 13.7. The van der Waals surface area contributed by atoms with Crippen LogP contribution in [0.1, 0.15) is 25.3 Å². The summed E-state index contributed by atoms with van der Waals surface area (Å²) in [4.78, 5) is 4.50. The normalized spacial score (nSPS) is 18.8. The fraction of sp³-hybridized carbons (Fsp3) is 0.500. The number of nitrogens with zero attached hydrogens (tertiary/aromatic N) is 2. The minimum absolute atomic E-state index is 0.133. The highest BCUT2D eigenvalue weighted by atomic mass is 35.5. The van der Waals surface area contributed by atoms with E-state index in [-0.39, 0.29) is 5.75 Å². The summed E-state index contributed by atoms with van der Waals surface area (Å²) >= 11 is 6.16. The summed E-state index contributed by atoms with van der Waals surface area (Å²) in [6, 6.07) is 3.20. The fourth-order valence-electron chi connectivity index (χ4n) is 3.00. The van der Waals surface area contributed by atoms with Gasteiger partial charge in [-0.1, -0.05) is 25.1 Å². The number of phenols is 1. The molecule has 4 nitrogen and oxygen atoms in total. The molecule has 1 aliphatic rings. The smallest absolute Gasteiger partial charge is 0.150 e. The maximum Gasteiger partial charge on any atom is 0.150 e. The second-order valence-electron chi connectivity index (χ2n) is 5.28. The predicted molar refractivity (Wildman–Crippen MR) is 86.7 cm³/mol. The van der Waals surface area contributed by atoms with Crippen LogP contribution in [0, 0.1) is 0 Å². The Bertz CT molecular complexity index is 533. The van der Waals surface area contributed by atoms with Gasteiger partial charge in [0.05, 0.1) is 23.9 Å². The standard InChI is InChI=1S/C16H23ClN2O2/c1-5-19-10-6-7-14(19)18(3)11(2)15-13(20)9-8-12(17)16(15)21-4/h8-9,14,20H,2,5-7,10H2,1,3-4H3. The van der Waals surface area contributed by atoms with Crippen molar-refractivity contribution in [1.29, 1.82) is 0 Å². The summed E-state index contributed by atoms with van der Waals surface area (Å²) in [7, 11) is 3.55. The van der Waals surface area contributed by atoms with Crippen LogP contribution in [0.5, 0.6) is 11.5 Å². The summed E-state index contributed by atoms with van der Waals surface area (Å²) in [5.74, 6) is 0.601. The lowest BCUT2D eigenvalue weighted by Gasteiger charge is -2.35. The lowest BCUT2D eigenvalue weighted by atomic mass is 10.1. The van der Waals surface area contributed by atoms with Gasteiger partial charge in [0.2, 0.25) is 0 Å². The Morgan fingerprint density at radius 1 is 1.57 bits per heavy atom. The van der Waals surface area contributed by atoms with Gasteiger partial charge in [0.1, 0.15) is 11.5 Å². The van der Waals surface area contributed by atoms with E-state index < -0.39 is 0 Å². The number of aromatic hydroxyl groups is 1. The Morgan fingerprint density at radius 3 is 2.90 bits per heavy atom. The molecule has 1 aromatic carbocycles. The number of phenolic OH excluding ortho intramolecular Hbond substituents is 1. The van der Waals surface area contributed by atoms with Gasteiger partial charge < -0.3 is 14.7 Å². The molecule has 1 aliphatic heterocycles. The molecule has 0 aromatic heterocycles. The molecule has 1 unspecified atom stereocenters. The summed E-state index contributed by atoms with van der Waals surface area (Å²) in [5, 5.41) is 10.7. The molecule has 0 saturated carbocycles. The average Bonchev–Trinajstić information content (AvgIpc) is 2.96. The van der Waals surface area contributed by atoms with E-state index in [0.717, 1.165) is 25.2 Å². The Kier molecular flexibility index (Phi) is 5.01. The minimum Gasteiger partial charge on any atom is -0.507 e. The van der Waals surface area contributed by atoms with Gasteiger partial charge in [0, 0.05) is 19.3 Å². The maximum absolute atomic E-state index is 10.2. The molecule has 1 N–H and O–H groups in total. The van der Waals surface area contributed by atoms with Gasteiger partial charge in [-0.15, -0.1) is 0 Å². The highest BCUT2D eigenvalue weighted by molar-refractivity contribution is 6.32. The van der Waals surface area contributed by atoms with Gasteiger partial charge in [0.15, 0.2) is 0 Å². The second-order valence-corrected chi connectivity index (χ2v) is 5.69. The molecule has 1 fully saturated rings. The molecule has 0 aliphatic carbocycles. The molecule has 1 saturated heterocycles. The number of benzene rings is 1. The van der Waals surface area contributed by atoms with Crippen LogP contribution in [0.2, 0.25) is 5.02 Å². The van der Waals surface area contributed by atoms with Gasteiger partial charge in [-0.25, -0.2) is 0 Å². The first-order valence-electron chi connectivity index (χ1n) is 7.22. The van der Waals surface area contributed by atoms with Crippen LogP contribution >= 0.6 is 11.6 Å². The van der Waals surface area contributed by atoms with E-state index in [1.165, 1.54) is 6.42 Å². The van der Waals surface area contributed by atoms with Crippen molar-refractivity contribution in [2.45, 2.75) is 25.9 Å². The van der Waals surface area contributed by atoms with Crippen molar-refractivity contribution in [3.05, 3.63) is 29.3 Å². The summed E-state index contributed by atoms with van der Waals surface area (Å²) < 4.78 is 5.35. The zero-order chi connectivity index (χ0) is 15.6. The van der Waals surface area contributed by atoms with Crippen molar-refractivity contribution in [1.82, 2.24) is 9.80 Å². The average molecular weight is 311 g/mol. The molecule has 0 spiro atoms. The topological polar surface area (TPSA) is 35.9 Å². The molecular weight excluding hydrogens is 288 g/mol. The number of halogens is 1. The molecule has 0 bridgehead atoms. The van der Waals surface area contributed by atoms with E-state index >= 15 is 0 Å². The van der Waals surface area contributed by atoms with Gasteiger partial charge in [0.25, 0.3) is 0 Å². The molecule has 2 rings (SSSR count). The largest absolute Gasteiger partial charge is 0.507 e. The van der Waals surface area contributed by atoms with Crippen LogP contribution in [0.4, 0.5) is 0 Å². The first-order valence-corrected chi connectivity index (χ1v) is 7.60. The first-order chi connectivity index (χ1) is 10.0. The van der Waals surface area contributed by atoms with Crippen molar-refractivity contribution < 1.29 is 9.84 Å². The van der Waals surface area contributed by atoms with Crippen LogP contribution in [0.15, 0.2) is 18.7 Å². The van der Waals surface area contributed by atoms with E-state index in [0.29, 0.717) is 22.5 Å². The van der Waals surface area contributed by atoms with Crippen molar-refractivity contribution in [3.63, 3.8) is 0 Å². The predicted octanol–water partition coefficient (Wildman–Crippen LogP) is 3.40. The number of hydrogen-bond donors (Lipinski definition) is 1. The van der Waals surface area contributed by atoms with Gasteiger partial charge in [-0.3, -0.25) is 4.90 Å². The van der Waals surface area contributed by atoms with Crippen molar-refractivity contribution in [2.75, 3.05) is 27.2 Å². The highest BCUT2D eigenvalue weighted by Crippen LogP contribution is 2.41. The Balaban J connectivity index is 2.34. The monoisotopic (exact) mass is 310 g/mol. The molecule has 0 amide bonds. The van der Waals surface area contributed by atoms with Crippen LogP contribution in [0.3, 0.4) is 0 Å². The molecule has 0 radical (unpaired) electrons. The quantitative estimate of drug-likeness (QED) is 0.904. The first kappa shape index (κ1) is 16.0. The number of rotatable bonds is 5. The lowest BCUT2D eigenvalue weighted by molar-refractivity contribution is 0.152. The SMILES string of the molecule is C=C(c1c(O)ccc(Cl)c1OC)N(C)C1CCCN1CC. The van der Waals surface area contributed by atoms with Crippen molar-refractivity contribution in [2.24, 2.45) is 0 Å².